The lowest BCUT2D eigenvalue weighted by molar-refractivity contribution is -0.118. The molecule has 0 spiro atoms. The third-order valence-electron chi connectivity index (χ3n) is 4.37. The fourth-order valence-electron chi connectivity index (χ4n) is 2.72. The van der Waals surface area contributed by atoms with Gasteiger partial charge in [0.2, 0.25) is 5.91 Å². The molecular weight excluding hydrogens is 380 g/mol. The predicted molar refractivity (Wildman–Crippen MR) is 108 cm³/mol. The highest BCUT2D eigenvalue weighted by Gasteiger charge is 2.22. The molecule has 0 bridgehead atoms. The summed E-state index contributed by atoms with van der Waals surface area (Å²) in [4.78, 5) is 12.1. The molecule has 2 aromatic carbocycles. The van der Waals surface area contributed by atoms with E-state index in [4.69, 9.17) is 11.6 Å². The minimum atomic E-state index is 0.0301. The number of carbonyl (C=O) groups excluding carboxylic acids is 1. The maximum Gasteiger partial charge on any atom is 0.230 e. The van der Waals surface area contributed by atoms with Crippen LogP contribution >= 0.6 is 23.4 Å². The van der Waals surface area contributed by atoms with Crippen LogP contribution in [-0.4, -0.2) is 33.0 Å². The number of hydrogen-bond acceptors (Lipinski definition) is 4. The molecule has 138 valence electrons. The second kappa shape index (κ2) is 8.15. The fourth-order valence-corrected chi connectivity index (χ4v) is 3.63. The van der Waals surface area contributed by atoms with E-state index in [2.05, 4.69) is 15.5 Å². The second-order valence-electron chi connectivity index (χ2n) is 6.52. The smallest absolute Gasteiger partial charge is 0.230 e. The number of para-hydroxylation sites is 1. The first-order chi connectivity index (χ1) is 13.2. The number of halogens is 1. The first kappa shape index (κ1) is 18.1. The van der Waals surface area contributed by atoms with Crippen molar-refractivity contribution in [3.8, 4) is 17.1 Å². The zero-order chi connectivity index (χ0) is 18.6. The summed E-state index contributed by atoms with van der Waals surface area (Å²) in [5, 5.41) is 13.1. The minimum absolute atomic E-state index is 0.0301. The van der Waals surface area contributed by atoms with Gasteiger partial charge in [0, 0.05) is 22.8 Å². The summed E-state index contributed by atoms with van der Waals surface area (Å²) in [6.45, 7) is 0.779. The van der Waals surface area contributed by atoms with Gasteiger partial charge in [-0.25, -0.2) is 0 Å². The highest BCUT2D eigenvalue weighted by molar-refractivity contribution is 7.99. The number of aromatic nitrogens is 3. The zero-order valence-corrected chi connectivity index (χ0v) is 16.2. The Kier molecular flexibility index (Phi) is 5.45. The number of hydrogen-bond donors (Lipinski definition) is 1. The predicted octanol–water partition coefficient (Wildman–Crippen LogP) is 4.21. The average molecular weight is 399 g/mol. The number of nitrogens with one attached hydrogen (secondary N) is 1. The van der Waals surface area contributed by atoms with Gasteiger partial charge in [-0.3, -0.25) is 9.36 Å². The first-order valence-electron chi connectivity index (χ1n) is 8.87. The Morgan fingerprint density at radius 1 is 1.11 bits per heavy atom. The molecule has 1 aliphatic carbocycles. The van der Waals surface area contributed by atoms with Gasteiger partial charge < -0.3 is 5.32 Å². The Bertz CT molecular complexity index is 923. The summed E-state index contributed by atoms with van der Waals surface area (Å²) in [6.07, 6.45) is 2.44. The van der Waals surface area contributed by atoms with Crippen molar-refractivity contribution < 1.29 is 4.79 Å². The van der Waals surface area contributed by atoms with Crippen molar-refractivity contribution >= 4 is 29.3 Å². The molecule has 1 aliphatic rings. The molecule has 0 unspecified atom stereocenters. The summed E-state index contributed by atoms with van der Waals surface area (Å²) in [7, 11) is 0. The normalized spacial score (nSPS) is 13.5. The summed E-state index contributed by atoms with van der Waals surface area (Å²) in [5.41, 5.74) is 1.87. The lowest BCUT2D eigenvalue weighted by atomic mass is 10.2. The Morgan fingerprint density at radius 2 is 1.85 bits per heavy atom. The molecule has 1 aromatic heterocycles. The molecule has 1 saturated carbocycles. The highest BCUT2D eigenvalue weighted by Crippen LogP contribution is 2.29. The monoisotopic (exact) mass is 398 g/mol. The molecule has 1 N–H and O–H groups in total. The lowest BCUT2D eigenvalue weighted by Crippen LogP contribution is -2.27. The summed E-state index contributed by atoms with van der Waals surface area (Å²) >= 11 is 7.40. The molecule has 0 radical (unpaired) electrons. The van der Waals surface area contributed by atoms with Crippen LogP contribution in [0.4, 0.5) is 0 Å². The van der Waals surface area contributed by atoms with Crippen LogP contribution in [0.2, 0.25) is 5.02 Å². The third kappa shape index (κ3) is 4.51. The Labute approximate surface area is 167 Å². The molecule has 27 heavy (non-hydrogen) atoms. The molecule has 3 aromatic rings. The van der Waals surface area contributed by atoms with E-state index in [1.807, 2.05) is 59.2 Å². The summed E-state index contributed by atoms with van der Waals surface area (Å²) in [6, 6.07) is 17.4. The van der Waals surface area contributed by atoms with E-state index in [1.54, 1.807) is 0 Å². The van der Waals surface area contributed by atoms with E-state index in [1.165, 1.54) is 24.6 Å². The highest BCUT2D eigenvalue weighted by atomic mass is 35.5. The van der Waals surface area contributed by atoms with E-state index < -0.39 is 0 Å². The van der Waals surface area contributed by atoms with Crippen molar-refractivity contribution in [3.63, 3.8) is 0 Å². The van der Waals surface area contributed by atoms with Crippen molar-refractivity contribution in [2.24, 2.45) is 5.92 Å². The number of amides is 1. The van der Waals surface area contributed by atoms with E-state index in [0.717, 1.165) is 23.6 Å². The summed E-state index contributed by atoms with van der Waals surface area (Å²) in [5.74, 6) is 1.74. The molecule has 0 aliphatic heterocycles. The van der Waals surface area contributed by atoms with Gasteiger partial charge in [-0.2, -0.15) is 0 Å². The van der Waals surface area contributed by atoms with Crippen molar-refractivity contribution in [1.82, 2.24) is 20.1 Å². The van der Waals surface area contributed by atoms with Gasteiger partial charge in [0.05, 0.1) is 5.75 Å². The maximum atomic E-state index is 12.1. The zero-order valence-electron chi connectivity index (χ0n) is 14.6. The molecule has 0 saturated heterocycles. The van der Waals surface area contributed by atoms with Gasteiger partial charge in [0.1, 0.15) is 0 Å². The lowest BCUT2D eigenvalue weighted by Gasteiger charge is -2.10. The quantitative estimate of drug-likeness (QED) is 0.606. The molecule has 0 atom stereocenters. The number of nitrogens with zero attached hydrogens (tertiary/aromatic N) is 3. The van der Waals surface area contributed by atoms with E-state index in [0.29, 0.717) is 21.8 Å². The van der Waals surface area contributed by atoms with Gasteiger partial charge in [-0.05, 0) is 55.2 Å². The molecule has 1 amide bonds. The standard InChI is InChI=1S/C20H19ClN4OS/c21-16-10-8-15(9-11-16)19-23-24-20(25(19)17-4-2-1-3-5-17)27-13-18(26)22-12-14-6-7-14/h1-5,8-11,14H,6-7,12-13H2,(H,22,26). The number of rotatable bonds is 7. The average Bonchev–Trinajstić information content (AvgIpc) is 3.43. The molecular formula is C20H19ClN4OS. The minimum Gasteiger partial charge on any atom is -0.355 e. The topological polar surface area (TPSA) is 59.8 Å². The van der Waals surface area contributed by atoms with Gasteiger partial charge in [-0.15, -0.1) is 10.2 Å². The van der Waals surface area contributed by atoms with Gasteiger partial charge in [-0.1, -0.05) is 41.6 Å². The van der Waals surface area contributed by atoms with Crippen molar-refractivity contribution in [1.29, 1.82) is 0 Å². The Hall–Kier alpha value is -2.31. The maximum absolute atomic E-state index is 12.1. The number of benzene rings is 2. The third-order valence-corrected chi connectivity index (χ3v) is 5.55. The van der Waals surface area contributed by atoms with Crippen LogP contribution in [0.15, 0.2) is 59.8 Å². The van der Waals surface area contributed by atoms with Crippen LogP contribution in [0.25, 0.3) is 17.1 Å². The van der Waals surface area contributed by atoms with Crippen LogP contribution in [-0.2, 0) is 4.79 Å². The molecule has 1 fully saturated rings. The van der Waals surface area contributed by atoms with E-state index in [9.17, 15) is 4.79 Å². The van der Waals surface area contributed by atoms with E-state index >= 15 is 0 Å². The molecule has 5 nitrogen and oxygen atoms in total. The molecule has 7 heteroatoms. The largest absolute Gasteiger partial charge is 0.355 e. The fraction of sp³-hybridized carbons (Fsp3) is 0.250. The first-order valence-corrected chi connectivity index (χ1v) is 10.2. The Morgan fingerprint density at radius 3 is 2.56 bits per heavy atom. The van der Waals surface area contributed by atoms with Gasteiger partial charge in [0.15, 0.2) is 11.0 Å². The van der Waals surface area contributed by atoms with Crippen molar-refractivity contribution in [3.05, 3.63) is 59.6 Å². The number of carbonyl (C=O) groups is 1. The van der Waals surface area contributed by atoms with Crippen LogP contribution in [0.1, 0.15) is 12.8 Å². The van der Waals surface area contributed by atoms with Crippen molar-refractivity contribution in [2.45, 2.75) is 18.0 Å². The van der Waals surface area contributed by atoms with E-state index in [-0.39, 0.29) is 5.91 Å². The van der Waals surface area contributed by atoms with Crippen LogP contribution in [0.5, 0.6) is 0 Å². The molecule has 4 rings (SSSR count). The van der Waals surface area contributed by atoms with Crippen LogP contribution < -0.4 is 5.32 Å². The van der Waals surface area contributed by atoms with Crippen molar-refractivity contribution in [2.75, 3.05) is 12.3 Å². The second-order valence-corrected chi connectivity index (χ2v) is 7.90. The van der Waals surface area contributed by atoms with Crippen LogP contribution in [0, 0.1) is 5.92 Å². The van der Waals surface area contributed by atoms with Gasteiger partial charge in [0.25, 0.3) is 0 Å². The SMILES string of the molecule is O=C(CSc1nnc(-c2ccc(Cl)cc2)n1-c1ccccc1)NCC1CC1. The molecule has 1 heterocycles. The summed E-state index contributed by atoms with van der Waals surface area (Å²) < 4.78 is 1.97. The number of thioether (sulfide) groups is 1. The van der Waals surface area contributed by atoms with Gasteiger partial charge >= 0.3 is 0 Å². The Balaban J connectivity index is 1.59. The van der Waals surface area contributed by atoms with Crippen LogP contribution in [0.3, 0.4) is 0 Å².